The Morgan fingerprint density at radius 2 is 1.71 bits per heavy atom. The number of aromatic nitrogens is 1. The van der Waals surface area contributed by atoms with E-state index in [2.05, 4.69) is 25.9 Å². The number of carboxylic acids is 2. The molecule has 1 heterocycles. The van der Waals surface area contributed by atoms with Crippen molar-refractivity contribution >= 4 is 46.5 Å². The van der Waals surface area contributed by atoms with E-state index >= 15 is 0 Å². The van der Waals surface area contributed by atoms with Crippen molar-refractivity contribution in [2.45, 2.75) is 43.8 Å². The maximum absolute atomic E-state index is 12.7. The summed E-state index contributed by atoms with van der Waals surface area (Å²) in [6, 6.07) is 3.61. The van der Waals surface area contributed by atoms with Gasteiger partial charge in [-0.05, 0) is 30.9 Å². The van der Waals surface area contributed by atoms with E-state index in [9.17, 15) is 29.1 Å². The Morgan fingerprint density at radius 1 is 1.00 bits per heavy atom. The fourth-order valence-electron chi connectivity index (χ4n) is 3.59. The van der Waals surface area contributed by atoms with Gasteiger partial charge < -0.3 is 48.3 Å². The summed E-state index contributed by atoms with van der Waals surface area (Å²) in [7, 11) is 0. The number of hydrogen-bond acceptors (Lipinski definition) is 7. The predicted molar refractivity (Wildman–Crippen MR) is 137 cm³/mol. The van der Waals surface area contributed by atoms with Gasteiger partial charge in [0.1, 0.15) is 12.1 Å². The number of nitrogens with one attached hydrogen (secondary N) is 4. The average molecular weight is 533 g/mol. The lowest BCUT2D eigenvalue weighted by molar-refractivity contribution is -0.147. The molecule has 15 heteroatoms. The first-order valence-electron chi connectivity index (χ1n) is 11.7. The van der Waals surface area contributed by atoms with Gasteiger partial charge in [-0.15, -0.1) is 0 Å². The summed E-state index contributed by atoms with van der Waals surface area (Å²) >= 11 is 0. The Labute approximate surface area is 217 Å². The number of aliphatic imine (C=N–C) groups is 1. The van der Waals surface area contributed by atoms with Crippen LogP contribution in [-0.4, -0.2) is 82.0 Å². The number of benzene rings is 1. The molecule has 15 nitrogen and oxygen atoms in total. The Bertz CT molecular complexity index is 1190. The second kappa shape index (κ2) is 14.2. The van der Waals surface area contributed by atoms with Gasteiger partial charge in [-0.1, -0.05) is 18.2 Å². The van der Waals surface area contributed by atoms with Gasteiger partial charge in [0, 0.05) is 23.6 Å². The number of aliphatic carboxylic acids is 2. The molecule has 3 amide bonds. The van der Waals surface area contributed by atoms with Gasteiger partial charge >= 0.3 is 11.9 Å². The first-order valence-corrected chi connectivity index (χ1v) is 11.7. The molecular weight excluding hydrogens is 500 g/mol. The first-order chi connectivity index (χ1) is 18.0. The summed E-state index contributed by atoms with van der Waals surface area (Å²) in [6.45, 7) is -0.380. The summed E-state index contributed by atoms with van der Waals surface area (Å²) in [6.07, 6.45) is 1.34. The van der Waals surface area contributed by atoms with Gasteiger partial charge in [0.05, 0.1) is 19.0 Å². The van der Waals surface area contributed by atoms with Crippen molar-refractivity contribution in [3.63, 3.8) is 0 Å². The predicted octanol–water partition coefficient (Wildman–Crippen LogP) is -2.26. The Hall–Kier alpha value is -4.66. The monoisotopic (exact) mass is 532 g/mol. The van der Waals surface area contributed by atoms with Gasteiger partial charge in [-0.3, -0.25) is 24.2 Å². The highest BCUT2D eigenvalue weighted by molar-refractivity contribution is 5.93. The molecule has 0 saturated heterocycles. The molecule has 1 aromatic carbocycles. The third-order valence-electron chi connectivity index (χ3n) is 5.47. The number of guanidine groups is 1. The number of carbonyl (C=O) groups excluding carboxylic acids is 3. The third kappa shape index (κ3) is 9.42. The molecule has 0 spiro atoms. The molecular formula is C23H32N8O7. The summed E-state index contributed by atoms with van der Waals surface area (Å²) in [4.78, 5) is 66.7. The minimum absolute atomic E-state index is 0.00177. The summed E-state index contributed by atoms with van der Waals surface area (Å²) in [5.74, 6) is -5.41. The molecule has 2 rings (SSSR count). The van der Waals surface area contributed by atoms with Crippen LogP contribution in [0.3, 0.4) is 0 Å². The van der Waals surface area contributed by atoms with Crippen LogP contribution in [0.1, 0.15) is 24.8 Å². The van der Waals surface area contributed by atoms with Crippen LogP contribution >= 0.6 is 0 Å². The number of nitrogens with zero attached hydrogens (tertiary/aromatic N) is 1. The molecule has 1 aromatic heterocycles. The van der Waals surface area contributed by atoms with Crippen LogP contribution < -0.4 is 33.2 Å². The molecule has 0 fully saturated rings. The summed E-state index contributed by atoms with van der Waals surface area (Å²) in [5, 5.41) is 25.9. The third-order valence-corrected chi connectivity index (χ3v) is 5.47. The lowest BCUT2D eigenvalue weighted by atomic mass is 10.1. The number of nitrogens with two attached hydrogens (primary N) is 3. The molecule has 206 valence electrons. The normalized spacial score (nSPS) is 13.1. The molecule has 0 saturated carbocycles. The quantitative estimate of drug-likeness (QED) is 0.0674. The molecule has 2 aromatic rings. The lowest BCUT2D eigenvalue weighted by Gasteiger charge is -2.21. The molecule has 3 unspecified atom stereocenters. The van der Waals surface area contributed by atoms with E-state index in [1.54, 1.807) is 6.20 Å². The zero-order valence-corrected chi connectivity index (χ0v) is 20.5. The van der Waals surface area contributed by atoms with Gasteiger partial charge in [0.25, 0.3) is 0 Å². The first kappa shape index (κ1) is 29.6. The van der Waals surface area contributed by atoms with E-state index in [0.717, 1.165) is 16.5 Å². The van der Waals surface area contributed by atoms with Crippen molar-refractivity contribution in [1.29, 1.82) is 0 Å². The number of amides is 3. The highest BCUT2D eigenvalue weighted by Gasteiger charge is 2.28. The number of fused-ring (bicyclic) bond motifs is 1. The van der Waals surface area contributed by atoms with Crippen molar-refractivity contribution in [1.82, 2.24) is 20.9 Å². The van der Waals surface area contributed by atoms with Crippen molar-refractivity contribution in [3.8, 4) is 0 Å². The maximum Gasteiger partial charge on any atom is 0.326 e. The van der Waals surface area contributed by atoms with Crippen LogP contribution in [-0.2, 0) is 30.4 Å². The molecule has 38 heavy (non-hydrogen) atoms. The SMILES string of the molecule is NC(N)=NCCCC(NC(=O)CNC(=O)C(N)Cc1c[nH]c2ccccc12)C(=O)NC(CC(=O)O)C(=O)O. The van der Waals surface area contributed by atoms with E-state index in [1.165, 1.54) is 0 Å². The number of aromatic amines is 1. The van der Waals surface area contributed by atoms with E-state index < -0.39 is 60.8 Å². The molecule has 0 aliphatic carbocycles. The smallest absolute Gasteiger partial charge is 0.326 e. The van der Waals surface area contributed by atoms with Crippen LogP contribution in [0, 0.1) is 0 Å². The number of carboxylic acid groups (broad SMARTS) is 2. The zero-order valence-electron chi connectivity index (χ0n) is 20.5. The van der Waals surface area contributed by atoms with Crippen LogP contribution in [0.15, 0.2) is 35.5 Å². The maximum atomic E-state index is 12.7. The number of hydrogen-bond donors (Lipinski definition) is 9. The van der Waals surface area contributed by atoms with Gasteiger partial charge in [0.15, 0.2) is 5.96 Å². The minimum atomic E-state index is -1.71. The highest BCUT2D eigenvalue weighted by atomic mass is 16.4. The summed E-state index contributed by atoms with van der Waals surface area (Å²) < 4.78 is 0. The van der Waals surface area contributed by atoms with E-state index in [4.69, 9.17) is 22.3 Å². The van der Waals surface area contributed by atoms with Gasteiger partial charge in [0.2, 0.25) is 17.7 Å². The van der Waals surface area contributed by atoms with Crippen molar-refractivity contribution < 1.29 is 34.2 Å². The number of rotatable bonds is 15. The van der Waals surface area contributed by atoms with E-state index in [0.29, 0.717) is 0 Å². The fourth-order valence-corrected chi connectivity index (χ4v) is 3.59. The number of para-hydroxylation sites is 1. The van der Waals surface area contributed by atoms with Crippen LogP contribution in [0.2, 0.25) is 0 Å². The summed E-state index contributed by atoms with van der Waals surface area (Å²) in [5.41, 5.74) is 18.3. The molecule has 0 bridgehead atoms. The van der Waals surface area contributed by atoms with Crippen LogP contribution in [0.5, 0.6) is 0 Å². The number of carbonyl (C=O) groups is 5. The Kier molecular flexibility index (Phi) is 11.0. The minimum Gasteiger partial charge on any atom is -0.481 e. The van der Waals surface area contributed by atoms with Crippen molar-refractivity contribution in [2.75, 3.05) is 13.1 Å². The standard InChI is InChI=1S/C23H32N8O7/c24-14(8-12-10-28-15-5-2-1-4-13(12)15)20(35)29-11-18(32)30-16(6-3-7-27-23(25)26)21(36)31-17(22(37)38)9-19(33)34/h1-2,4-5,10,14,16-17,28H,3,6-9,11,24H2,(H,29,35)(H,30,32)(H,31,36)(H,33,34)(H,37,38)(H4,25,26,27). The van der Waals surface area contributed by atoms with Crippen molar-refractivity contribution in [3.05, 3.63) is 36.0 Å². The fraction of sp³-hybridized carbons (Fsp3) is 0.391. The largest absolute Gasteiger partial charge is 0.481 e. The molecule has 3 atom stereocenters. The van der Waals surface area contributed by atoms with Gasteiger partial charge in [-0.25, -0.2) is 4.79 Å². The Morgan fingerprint density at radius 3 is 2.37 bits per heavy atom. The second-order valence-electron chi connectivity index (χ2n) is 8.45. The van der Waals surface area contributed by atoms with E-state index in [-0.39, 0.29) is 31.8 Å². The topological polar surface area (TPSA) is 268 Å². The Balaban J connectivity index is 1.96. The molecule has 0 aliphatic heterocycles. The van der Waals surface area contributed by atoms with Gasteiger partial charge in [-0.2, -0.15) is 0 Å². The highest BCUT2D eigenvalue weighted by Crippen LogP contribution is 2.18. The number of H-pyrrole nitrogens is 1. The molecule has 0 radical (unpaired) electrons. The lowest BCUT2D eigenvalue weighted by Crippen LogP contribution is -2.54. The van der Waals surface area contributed by atoms with Crippen LogP contribution in [0.25, 0.3) is 10.9 Å². The average Bonchev–Trinajstić information content (AvgIpc) is 3.26. The molecule has 12 N–H and O–H groups in total. The zero-order chi connectivity index (χ0) is 28.2. The van der Waals surface area contributed by atoms with Crippen molar-refractivity contribution in [2.24, 2.45) is 22.2 Å². The van der Waals surface area contributed by atoms with Crippen LogP contribution in [0.4, 0.5) is 0 Å². The second-order valence-corrected chi connectivity index (χ2v) is 8.45. The molecule has 0 aliphatic rings. The van der Waals surface area contributed by atoms with E-state index in [1.807, 2.05) is 24.3 Å².